The number of nitro groups is 1. The number of hydrogen-bond donors (Lipinski definition) is 2. The van der Waals surface area contributed by atoms with Crippen molar-refractivity contribution in [2.24, 2.45) is 0 Å². The number of amides is 1. The summed E-state index contributed by atoms with van der Waals surface area (Å²) < 4.78 is 9.61. The number of hydrogen-bond acceptors (Lipinski definition) is 7. The molecule has 24 heavy (non-hydrogen) atoms. The minimum Gasteiger partial charge on any atom is -0.467 e. The van der Waals surface area contributed by atoms with Gasteiger partial charge in [-0.15, -0.1) is 0 Å². The van der Waals surface area contributed by atoms with Gasteiger partial charge in [0.25, 0.3) is 5.69 Å². The number of nitro benzene ring substituents is 1. The second-order valence-electron chi connectivity index (χ2n) is 5.94. The average molecular weight is 340 g/mol. The van der Waals surface area contributed by atoms with Crippen LogP contribution in [0.1, 0.15) is 32.4 Å². The maximum atomic E-state index is 11.8. The number of nitrogens with zero attached hydrogens (tertiary/aromatic N) is 1. The van der Waals surface area contributed by atoms with Crippen molar-refractivity contribution in [3.05, 3.63) is 39.9 Å². The molecule has 0 spiro atoms. The van der Waals surface area contributed by atoms with Crippen molar-refractivity contribution in [3.8, 4) is 0 Å². The molecule has 1 rings (SSSR count). The number of alkyl carbamates (subject to hydrolysis) is 1. The van der Waals surface area contributed by atoms with Crippen molar-refractivity contribution in [3.63, 3.8) is 0 Å². The van der Waals surface area contributed by atoms with E-state index in [1.54, 1.807) is 20.8 Å². The lowest BCUT2D eigenvalue weighted by Gasteiger charge is -2.25. The molecule has 1 aromatic rings. The van der Waals surface area contributed by atoms with Crippen LogP contribution in [0.5, 0.6) is 0 Å². The van der Waals surface area contributed by atoms with Crippen molar-refractivity contribution < 1.29 is 29.1 Å². The quantitative estimate of drug-likeness (QED) is 0.474. The predicted molar refractivity (Wildman–Crippen MR) is 83.2 cm³/mol. The molecule has 0 aliphatic heterocycles. The molecule has 0 saturated heterocycles. The van der Waals surface area contributed by atoms with Gasteiger partial charge in [-0.2, -0.15) is 0 Å². The second kappa shape index (κ2) is 7.73. The van der Waals surface area contributed by atoms with Gasteiger partial charge in [0, 0.05) is 12.1 Å². The number of carbonyl (C=O) groups excluding carboxylic acids is 2. The van der Waals surface area contributed by atoms with E-state index in [0.717, 1.165) is 7.11 Å². The van der Waals surface area contributed by atoms with Crippen LogP contribution < -0.4 is 5.32 Å². The molecule has 9 nitrogen and oxygen atoms in total. The van der Waals surface area contributed by atoms with E-state index in [0.29, 0.717) is 0 Å². The van der Waals surface area contributed by atoms with Crippen molar-refractivity contribution in [1.82, 2.24) is 5.32 Å². The van der Waals surface area contributed by atoms with E-state index in [9.17, 15) is 24.8 Å². The van der Waals surface area contributed by atoms with Crippen molar-refractivity contribution in [1.29, 1.82) is 0 Å². The number of benzene rings is 1. The van der Waals surface area contributed by atoms with Crippen molar-refractivity contribution >= 4 is 17.7 Å². The molecule has 0 saturated carbocycles. The van der Waals surface area contributed by atoms with Crippen LogP contribution in [0.15, 0.2) is 24.3 Å². The van der Waals surface area contributed by atoms with Crippen LogP contribution in [-0.4, -0.2) is 40.8 Å². The Morgan fingerprint density at radius 3 is 2.21 bits per heavy atom. The first kappa shape index (κ1) is 19.4. The van der Waals surface area contributed by atoms with Gasteiger partial charge in [0.2, 0.25) is 0 Å². The molecule has 0 fully saturated rings. The van der Waals surface area contributed by atoms with Gasteiger partial charge in [-0.05, 0) is 38.5 Å². The summed E-state index contributed by atoms with van der Waals surface area (Å²) in [5.74, 6) is -0.883. The number of aliphatic hydroxyl groups excluding tert-OH is 1. The number of aliphatic hydroxyl groups is 1. The highest BCUT2D eigenvalue weighted by atomic mass is 16.6. The summed E-state index contributed by atoms with van der Waals surface area (Å²) in [7, 11) is 1.11. The van der Waals surface area contributed by atoms with Crippen LogP contribution in [0.3, 0.4) is 0 Å². The fourth-order valence-corrected chi connectivity index (χ4v) is 1.81. The zero-order valence-corrected chi connectivity index (χ0v) is 13.8. The topological polar surface area (TPSA) is 128 Å². The summed E-state index contributed by atoms with van der Waals surface area (Å²) in [5, 5.41) is 23.2. The molecule has 0 bridgehead atoms. The number of rotatable bonds is 5. The Bertz CT molecular complexity index is 607. The lowest BCUT2D eigenvalue weighted by molar-refractivity contribution is -0.384. The zero-order valence-electron chi connectivity index (χ0n) is 13.8. The molecule has 0 aliphatic carbocycles. The summed E-state index contributed by atoms with van der Waals surface area (Å²) in [5.41, 5.74) is -0.754. The molecular formula is C15H20N2O7. The molecule has 132 valence electrons. The first-order valence-electron chi connectivity index (χ1n) is 7.05. The van der Waals surface area contributed by atoms with E-state index in [4.69, 9.17) is 4.74 Å². The molecule has 2 N–H and O–H groups in total. The van der Waals surface area contributed by atoms with Crippen LogP contribution in [0, 0.1) is 10.1 Å². The Hall–Kier alpha value is -2.68. The molecule has 1 aromatic carbocycles. The first-order chi connectivity index (χ1) is 11.0. The third kappa shape index (κ3) is 5.51. The molecule has 9 heteroatoms. The van der Waals surface area contributed by atoms with Crippen LogP contribution >= 0.6 is 0 Å². The molecule has 0 radical (unpaired) electrons. The van der Waals surface area contributed by atoms with E-state index in [1.165, 1.54) is 24.3 Å². The lowest BCUT2D eigenvalue weighted by Crippen LogP contribution is -2.47. The third-order valence-electron chi connectivity index (χ3n) is 2.89. The molecule has 0 aromatic heterocycles. The van der Waals surface area contributed by atoms with Crippen molar-refractivity contribution in [2.75, 3.05) is 7.11 Å². The summed E-state index contributed by atoms with van der Waals surface area (Å²) >= 11 is 0. The summed E-state index contributed by atoms with van der Waals surface area (Å²) in [6.45, 7) is 4.94. The van der Waals surface area contributed by atoms with Crippen LogP contribution in [0.25, 0.3) is 0 Å². The Balaban J connectivity index is 2.96. The predicted octanol–water partition coefficient (Wildman–Crippen LogP) is 1.69. The number of carbonyl (C=O) groups is 2. The fraction of sp³-hybridized carbons (Fsp3) is 0.467. The highest BCUT2D eigenvalue weighted by Crippen LogP contribution is 2.21. The number of esters is 1. The molecule has 0 heterocycles. The monoisotopic (exact) mass is 340 g/mol. The Labute approximate surface area is 138 Å². The van der Waals surface area contributed by atoms with Gasteiger partial charge in [-0.3, -0.25) is 10.1 Å². The largest absolute Gasteiger partial charge is 0.467 e. The van der Waals surface area contributed by atoms with Crippen molar-refractivity contribution in [2.45, 2.75) is 38.5 Å². The van der Waals surface area contributed by atoms with Gasteiger partial charge in [0.05, 0.1) is 12.0 Å². The fourth-order valence-electron chi connectivity index (χ4n) is 1.81. The number of non-ortho nitro benzene ring substituents is 1. The third-order valence-corrected chi connectivity index (χ3v) is 2.89. The van der Waals surface area contributed by atoms with Crippen LogP contribution in [0.2, 0.25) is 0 Å². The Morgan fingerprint density at radius 2 is 1.79 bits per heavy atom. The second-order valence-corrected chi connectivity index (χ2v) is 5.94. The Kier molecular flexibility index (Phi) is 6.24. The normalized spacial score (nSPS) is 13.5. The molecule has 2 unspecified atom stereocenters. The summed E-state index contributed by atoms with van der Waals surface area (Å²) in [6, 6.07) is 3.51. The molecule has 2 atom stereocenters. The summed E-state index contributed by atoms with van der Waals surface area (Å²) in [6.07, 6.45) is -2.37. The summed E-state index contributed by atoms with van der Waals surface area (Å²) in [4.78, 5) is 33.7. The lowest BCUT2D eigenvalue weighted by atomic mass is 10.0. The smallest absolute Gasteiger partial charge is 0.408 e. The maximum absolute atomic E-state index is 11.8. The minimum absolute atomic E-state index is 0.166. The first-order valence-corrected chi connectivity index (χ1v) is 7.05. The van der Waals surface area contributed by atoms with Gasteiger partial charge in [0.15, 0.2) is 6.04 Å². The van der Waals surface area contributed by atoms with E-state index < -0.39 is 34.7 Å². The van der Waals surface area contributed by atoms with Crippen LogP contribution in [0.4, 0.5) is 10.5 Å². The number of methoxy groups -OCH3 is 1. The minimum atomic E-state index is -1.47. The van der Waals surface area contributed by atoms with E-state index in [-0.39, 0.29) is 11.3 Å². The van der Waals surface area contributed by atoms with Gasteiger partial charge in [-0.25, -0.2) is 9.59 Å². The number of nitrogens with one attached hydrogen (secondary N) is 1. The van der Waals surface area contributed by atoms with E-state index in [1.807, 2.05) is 0 Å². The SMILES string of the molecule is COC(=O)C(NC(=O)OC(C)(C)C)C(O)c1ccc([N+](=O)[O-])cc1. The van der Waals surface area contributed by atoms with Crippen LogP contribution in [-0.2, 0) is 14.3 Å². The molecular weight excluding hydrogens is 320 g/mol. The Morgan fingerprint density at radius 1 is 1.25 bits per heavy atom. The average Bonchev–Trinajstić information content (AvgIpc) is 2.49. The van der Waals surface area contributed by atoms with E-state index >= 15 is 0 Å². The van der Waals surface area contributed by atoms with Gasteiger partial charge >= 0.3 is 12.1 Å². The highest BCUT2D eigenvalue weighted by molar-refractivity contribution is 5.82. The van der Waals surface area contributed by atoms with Gasteiger partial charge in [-0.1, -0.05) is 0 Å². The highest BCUT2D eigenvalue weighted by Gasteiger charge is 2.32. The van der Waals surface area contributed by atoms with Gasteiger partial charge < -0.3 is 19.9 Å². The van der Waals surface area contributed by atoms with Gasteiger partial charge in [0.1, 0.15) is 11.7 Å². The zero-order chi connectivity index (χ0) is 18.5. The molecule has 0 aliphatic rings. The molecule has 1 amide bonds. The maximum Gasteiger partial charge on any atom is 0.408 e. The number of ether oxygens (including phenoxy) is 2. The van der Waals surface area contributed by atoms with E-state index in [2.05, 4.69) is 10.1 Å². The standard InChI is InChI=1S/C15H20N2O7/c1-15(2,3)24-14(20)16-11(13(19)23-4)12(18)9-5-7-10(8-6-9)17(21)22/h5-8,11-12,18H,1-4H3,(H,16,20).